The molecule has 0 aliphatic heterocycles. The summed E-state index contributed by atoms with van der Waals surface area (Å²) in [7, 11) is 0. The van der Waals surface area contributed by atoms with Crippen LogP contribution < -0.4 is 24.8 Å². The molecule has 0 aromatic rings. The molecule has 2 aliphatic rings. The second kappa shape index (κ2) is 10.5. The van der Waals surface area contributed by atoms with Gasteiger partial charge in [-0.25, -0.2) is 6.08 Å². The molecule has 0 spiro atoms. The summed E-state index contributed by atoms with van der Waals surface area (Å²) in [6.07, 6.45) is 14.2. The zero-order valence-electron chi connectivity index (χ0n) is 14.5. The molecule has 127 valence electrons. The molecule has 1 nitrogen and oxygen atoms in total. The van der Waals surface area contributed by atoms with Crippen LogP contribution in [0.2, 0.25) is 0 Å². The van der Waals surface area contributed by atoms with Gasteiger partial charge in [-0.15, -0.1) is 18.2 Å². The van der Waals surface area contributed by atoms with Gasteiger partial charge in [0.1, 0.15) is 4.93 Å². The van der Waals surface area contributed by atoms with Crippen molar-refractivity contribution in [3.8, 4) is 0 Å². The fraction of sp³-hybridized carbons (Fsp3) is 0.556. The summed E-state index contributed by atoms with van der Waals surface area (Å²) in [5, 5.41) is 0. The smallest absolute Gasteiger partial charge is 1.00 e. The third kappa shape index (κ3) is 6.42. The van der Waals surface area contributed by atoms with Crippen LogP contribution in [0.25, 0.3) is 0 Å². The molecular weight excluding hydrogens is 383 g/mol. The van der Waals surface area contributed by atoms with Crippen LogP contribution in [-0.4, -0.2) is 11.5 Å². The Bertz CT molecular complexity index is 504. The Morgan fingerprint density at radius 2 is 1.96 bits per heavy atom. The molecule has 0 fully saturated rings. The van der Waals surface area contributed by atoms with Crippen molar-refractivity contribution in [2.75, 3.05) is 6.61 Å². The zero-order valence-corrected chi connectivity index (χ0v) is 18.4. The summed E-state index contributed by atoms with van der Waals surface area (Å²) in [4.78, 5) is 0.935. The Labute approximate surface area is 173 Å². The number of hydrogen-bond acceptors (Lipinski definition) is 2. The van der Waals surface area contributed by atoms with E-state index in [4.69, 9.17) is 4.74 Å². The monoisotopic (exact) mass is 407 g/mol. The zero-order chi connectivity index (χ0) is 14.8. The van der Waals surface area contributed by atoms with Gasteiger partial charge in [0.05, 0.1) is 0 Å². The van der Waals surface area contributed by atoms with Gasteiger partial charge in [0.2, 0.25) is 0 Å². The molecule has 0 aromatic carbocycles. The normalized spacial score (nSPS) is 22.9. The largest absolute Gasteiger partial charge is 3.00 e. The first-order valence-corrected chi connectivity index (χ1v) is 8.19. The predicted molar refractivity (Wildman–Crippen MR) is 88.4 cm³/mol. The Morgan fingerprint density at radius 1 is 1.30 bits per heavy atom. The molecular formula is C18H25Cl2OSTi. The minimum atomic E-state index is -0.274. The van der Waals surface area contributed by atoms with Crippen LogP contribution >= 0.6 is 11.8 Å². The molecule has 1 atom stereocenters. The molecule has 23 heavy (non-hydrogen) atoms. The average molecular weight is 408 g/mol. The summed E-state index contributed by atoms with van der Waals surface area (Å²) in [6.45, 7) is 11.8. The summed E-state index contributed by atoms with van der Waals surface area (Å²) in [6, 6.07) is 0. The van der Waals surface area contributed by atoms with Gasteiger partial charge in [0, 0.05) is 13.0 Å². The molecule has 0 amide bonds. The molecule has 0 aromatic heterocycles. The van der Waals surface area contributed by atoms with Crippen molar-refractivity contribution in [3.05, 3.63) is 46.4 Å². The Kier molecular flexibility index (Phi) is 11.8. The van der Waals surface area contributed by atoms with Gasteiger partial charge in [-0.3, -0.25) is 6.08 Å². The maximum Gasteiger partial charge on any atom is 3.00 e. The first-order chi connectivity index (χ1) is 9.37. The van der Waals surface area contributed by atoms with Gasteiger partial charge in [-0.2, -0.15) is 11.0 Å². The summed E-state index contributed by atoms with van der Waals surface area (Å²) in [5.74, 6) is 0. The van der Waals surface area contributed by atoms with Crippen LogP contribution in [0, 0.1) is 11.5 Å². The standard InChI is InChI=1S/C18H25OS.2ClH.Ti/c1-6-19-18(20-15-9-7-8-10-15)12-11-14(2)13-16(18)17(3,4)5;;;/h7,9,11,13H,6,8,12H2,1-5H3;2*1H;/q-1;;;+3/p-2. The van der Waals surface area contributed by atoms with E-state index in [1.54, 1.807) is 0 Å². The van der Waals surface area contributed by atoms with E-state index in [2.05, 4.69) is 65.0 Å². The molecule has 2 aliphatic carbocycles. The van der Waals surface area contributed by atoms with Gasteiger partial charge in [-0.05, 0) is 24.8 Å². The van der Waals surface area contributed by atoms with E-state index in [0.717, 1.165) is 19.4 Å². The van der Waals surface area contributed by atoms with Gasteiger partial charge < -0.3 is 29.6 Å². The van der Waals surface area contributed by atoms with Gasteiger partial charge in [0.15, 0.2) is 0 Å². The molecule has 0 heterocycles. The van der Waals surface area contributed by atoms with E-state index in [9.17, 15) is 0 Å². The second-order valence-electron chi connectivity index (χ2n) is 6.40. The SMILES string of the molecule is CCOC1(SC2=[C-]CC=C2)CC=C(C)C=C1C(C)(C)C.[Cl-].[Cl-].[Ti+3]. The molecule has 5 heteroatoms. The number of rotatable bonds is 4. The number of halogens is 2. The fourth-order valence-corrected chi connectivity index (χ4v) is 4.21. The topological polar surface area (TPSA) is 9.23 Å². The van der Waals surface area contributed by atoms with Crippen LogP contribution in [0.15, 0.2) is 40.4 Å². The number of ether oxygens (including phenoxy) is 1. The van der Waals surface area contributed by atoms with Crippen LogP contribution in [0.5, 0.6) is 0 Å². The van der Waals surface area contributed by atoms with Crippen LogP contribution in [0.4, 0.5) is 0 Å². The van der Waals surface area contributed by atoms with E-state index in [-0.39, 0.29) is 56.9 Å². The molecule has 0 saturated heterocycles. The average Bonchev–Trinajstić information content (AvgIpc) is 2.84. The quantitative estimate of drug-likeness (QED) is 0.350. The van der Waals surface area contributed by atoms with Crippen LogP contribution in [-0.2, 0) is 26.5 Å². The van der Waals surface area contributed by atoms with Crippen molar-refractivity contribution in [1.29, 1.82) is 0 Å². The van der Waals surface area contributed by atoms with Crippen molar-refractivity contribution in [2.45, 2.75) is 52.4 Å². The Balaban J connectivity index is 0. The van der Waals surface area contributed by atoms with Crippen molar-refractivity contribution in [2.24, 2.45) is 5.41 Å². The number of thioether (sulfide) groups is 1. The third-order valence-electron chi connectivity index (χ3n) is 3.60. The minimum absolute atomic E-state index is 0. The summed E-state index contributed by atoms with van der Waals surface area (Å²) < 4.78 is 6.28. The summed E-state index contributed by atoms with van der Waals surface area (Å²) >= 11 is 1.82. The van der Waals surface area contributed by atoms with Gasteiger partial charge in [-0.1, -0.05) is 38.5 Å². The Morgan fingerprint density at radius 3 is 2.43 bits per heavy atom. The van der Waals surface area contributed by atoms with Crippen molar-refractivity contribution in [3.63, 3.8) is 0 Å². The first kappa shape index (κ1) is 25.8. The van der Waals surface area contributed by atoms with Gasteiger partial charge >= 0.3 is 21.7 Å². The van der Waals surface area contributed by atoms with E-state index in [0.29, 0.717) is 0 Å². The van der Waals surface area contributed by atoms with E-state index < -0.39 is 0 Å². The minimum Gasteiger partial charge on any atom is -1.00 e. The predicted octanol–water partition coefficient (Wildman–Crippen LogP) is -0.573. The first-order valence-electron chi connectivity index (χ1n) is 7.37. The second-order valence-corrected chi connectivity index (χ2v) is 7.70. The maximum atomic E-state index is 6.28. The molecule has 1 unspecified atom stereocenters. The molecule has 0 N–H and O–H groups in total. The fourth-order valence-electron chi connectivity index (χ4n) is 2.72. The number of hydrogen-bond donors (Lipinski definition) is 0. The van der Waals surface area contributed by atoms with E-state index >= 15 is 0 Å². The van der Waals surface area contributed by atoms with E-state index in [1.165, 1.54) is 16.1 Å². The van der Waals surface area contributed by atoms with Crippen molar-refractivity contribution < 1.29 is 51.3 Å². The molecule has 1 radical (unpaired) electrons. The van der Waals surface area contributed by atoms with Crippen LogP contribution in [0.1, 0.15) is 47.5 Å². The van der Waals surface area contributed by atoms with Gasteiger partial charge in [0.25, 0.3) is 0 Å². The van der Waals surface area contributed by atoms with Crippen molar-refractivity contribution >= 4 is 11.8 Å². The molecule has 0 bridgehead atoms. The third-order valence-corrected chi connectivity index (χ3v) is 4.93. The summed E-state index contributed by atoms with van der Waals surface area (Å²) in [5.41, 5.74) is 2.82. The number of allylic oxidation sites excluding steroid dienone is 5. The van der Waals surface area contributed by atoms with E-state index in [1.807, 2.05) is 11.8 Å². The molecule has 0 saturated carbocycles. The molecule has 2 rings (SSSR count). The van der Waals surface area contributed by atoms with Crippen molar-refractivity contribution in [1.82, 2.24) is 0 Å². The van der Waals surface area contributed by atoms with Crippen LogP contribution in [0.3, 0.4) is 0 Å². The Hall–Kier alpha value is 0.564. The maximum absolute atomic E-state index is 6.28.